The Balaban J connectivity index is 1.69. The standard InChI is InChI=1S/C20H26ClNO4/c21-16-8-6-14(7-9-16)15-12-18(20(24)22-17-4-3-5-17)26-19(13-15)25-11-2-1-10-23/h6-9,12,15,17,19,23H,1-5,10-11,13H2,(H,22,24)/t15-,19+/m0/s1. The Bertz CT molecular complexity index is 627. The summed E-state index contributed by atoms with van der Waals surface area (Å²) in [6.07, 6.45) is 6.72. The van der Waals surface area contributed by atoms with E-state index in [4.69, 9.17) is 26.2 Å². The Hall–Kier alpha value is -1.56. The van der Waals surface area contributed by atoms with Crippen LogP contribution in [0.15, 0.2) is 36.1 Å². The molecule has 142 valence electrons. The molecule has 26 heavy (non-hydrogen) atoms. The predicted octanol–water partition coefficient (Wildman–Crippen LogP) is 3.51. The molecule has 5 nitrogen and oxygen atoms in total. The SMILES string of the molecule is O=C(NC1CCC1)C1=C[C@H](c2ccc(Cl)cc2)C[C@H](OCCCCO)O1. The third-order valence-corrected chi connectivity index (χ3v) is 5.13. The Kier molecular flexibility index (Phi) is 6.94. The molecule has 1 heterocycles. The molecule has 1 aromatic carbocycles. The number of rotatable bonds is 8. The molecule has 2 atom stereocenters. The number of ether oxygens (including phenoxy) is 2. The third kappa shape index (κ3) is 5.22. The molecule has 0 radical (unpaired) electrons. The highest BCUT2D eigenvalue weighted by Gasteiger charge is 2.30. The minimum atomic E-state index is -0.471. The van der Waals surface area contributed by atoms with Crippen molar-refractivity contribution >= 4 is 17.5 Å². The van der Waals surface area contributed by atoms with Gasteiger partial charge in [0.2, 0.25) is 6.29 Å². The van der Waals surface area contributed by atoms with Crippen LogP contribution < -0.4 is 5.32 Å². The summed E-state index contributed by atoms with van der Waals surface area (Å²) < 4.78 is 11.6. The molecule has 1 aromatic rings. The molecular formula is C20H26ClNO4. The molecule has 0 aromatic heterocycles. The zero-order valence-corrected chi connectivity index (χ0v) is 15.6. The normalized spacial score (nSPS) is 22.9. The zero-order valence-electron chi connectivity index (χ0n) is 14.8. The summed E-state index contributed by atoms with van der Waals surface area (Å²) in [6.45, 7) is 0.646. The molecule has 2 aliphatic rings. The molecule has 0 saturated heterocycles. The summed E-state index contributed by atoms with van der Waals surface area (Å²) in [7, 11) is 0. The van der Waals surface area contributed by atoms with Gasteiger partial charge in [-0.05, 0) is 55.9 Å². The van der Waals surface area contributed by atoms with Crippen LogP contribution >= 0.6 is 11.6 Å². The minimum absolute atomic E-state index is 0.0333. The highest BCUT2D eigenvalue weighted by molar-refractivity contribution is 6.30. The van der Waals surface area contributed by atoms with Gasteiger partial charge in [0.25, 0.3) is 5.91 Å². The second-order valence-corrected chi connectivity index (χ2v) is 7.31. The van der Waals surface area contributed by atoms with Crippen LogP contribution in [0.2, 0.25) is 5.02 Å². The summed E-state index contributed by atoms with van der Waals surface area (Å²) in [5, 5.41) is 12.6. The van der Waals surface area contributed by atoms with Gasteiger partial charge in [0, 0.05) is 30.0 Å². The number of unbranched alkanes of at least 4 members (excludes halogenated alkanes) is 1. The maximum atomic E-state index is 12.5. The van der Waals surface area contributed by atoms with E-state index in [9.17, 15) is 4.79 Å². The maximum Gasteiger partial charge on any atom is 0.286 e. The number of benzene rings is 1. The van der Waals surface area contributed by atoms with Crippen LogP contribution in [0.4, 0.5) is 0 Å². The number of nitrogens with one attached hydrogen (secondary N) is 1. The fourth-order valence-electron chi connectivity index (χ4n) is 3.10. The highest BCUT2D eigenvalue weighted by Crippen LogP contribution is 2.32. The number of aliphatic hydroxyl groups excluding tert-OH is 1. The second kappa shape index (κ2) is 9.40. The molecule has 0 unspecified atom stereocenters. The summed E-state index contributed by atoms with van der Waals surface area (Å²) >= 11 is 5.99. The molecule has 0 bridgehead atoms. The topological polar surface area (TPSA) is 67.8 Å². The minimum Gasteiger partial charge on any atom is -0.459 e. The number of carbonyl (C=O) groups excluding carboxylic acids is 1. The average Bonchev–Trinajstić information content (AvgIpc) is 2.62. The van der Waals surface area contributed by atoms with Crippen LogP contribution in [0.1, 0.15) is 50.0 Å². The van der Waals surface area contributed by atoms with Gasteiger partial charge in [-0.1, -0.05) is 23.7 Å². The van der Waals surface area contributed by atoms with Gasteiger partial charge >= 0.3 is 0 Å². The monoisotopic (exact) mass is 379 g/mol. The number of carbonyl (C=O) groups is 1. The molecule has 1 fully saturated rings. The zero-order chi connectivity index (χ0) is 18.4. The van der Waals surface area contributed by atoms with Crippen LogP contribution in [0.5, 0.6) is 0 Å². The van der Waals surface area contributed by atoms with Gasteiger partial charge in [0.15, 0.2) is 5.76 Å². The van der Waals surface area contributed by atoms with E-state index in [2.05, 4.69) is 5.32 Å². The van der Waals surface area contributed by atoms with E-state index in [0.29, 0.717) is 30.2 Å². The quantitative estimate of drug-likeness (QED) is 0.678. The van der Waals surface area contributed by atoms with E-state index < -0.39 is 6.29 Å². The van der Waals surface area contributed by atoms with E-state index in [1.54, 1.807) is 0 Å². The molecule has 3 rings (SSSR count). The van der Waals surface area contributed by atoms with Crippen LogP contribution in [-0.2, 0) is 14.3 Å². The summed E-state index contributed by atoms with van der Waals surface area (Å²) in [5.41, 5.74) is 1.08. The van der Waals surface area contributed by atoms with Gasteiger partial charge in [-0.2, -0.15) is 0 Å². The third-order valence-electron chi connectivity index (χ3n) is 4.88. The molecule has 1 saturated carbocycles. The molecule has 2 N–H and O–H groups in total. The van der Waals surface area contributed by atoms with Gasteiger partial charge in [0.05, 0.1) is 6.61 Å². The fourth-order valence-corrected chi connectivity index (χ4v) is 3.22. The lowest BCUT2D eigenvalue weighted by atomic mass is 9.91. The number of halogens is 1. The Morgan fingerprint density at radius 2 is 2.04 bits per heavy atom. The van der Waals surface area contributed by atoms with Crippen molar-refractivity contribution in [2.75, 3.05) is 13.2 Å². The first kappa shape index (κ1) is 19.2. The maximum absolute atomic E-state index is 12.5. The van der Waals surface area contributed by atoms with Crippen molar-refractivity contribution in [3.8, 4) is 0 Å². The van der Waals surface area contributed by atoms with Crippen LogP contribution in [0, 0.1) is 0 Å². The van der Waals surface area contributed by atoms with Gasteiger partial charge in [0.1, 0.15) is 0 Å². The van der Waals surface area contributed by atoms with E-state index in [1.807, 2.05) is 30.3 Å². The number of hydrogen-bond donors (Lipinski definition) is 2. The number of aliphatic hydroxyl groups is 1. The lowest BCUT2D eigenvalue weighted by Gasteiger charge is -2.31. The molecule has 1 aliphatic heterocycles. The lowest BCUT2D eigenvalue weighted by molar-refractivity contribution is -0.147. The second-order valence-electron chi connectivity index (χ2n) is 6.87. The van der Waals surface area contributed by atoms with Crippen molar-refractivity contribution in [3.05, 3.63) is 46.7 Å². The first-order valence-electron chi connectivity index (χ1n) is 9.33. The number of hydrogen-bond acceptors (Lipinski definition) is 4. The van der Waals surface area contributed by atoms with Crippen LogP contribution in [0.25, 0.3) is 0 Å². The largest absolute Gasteiger partial charge is 0.459 e. The smallest absolute Gasteiger partial charge is 0.286 e. The van der Waals surface area contributed by atoms with E-state index in [1.165, 1.54) is 0 Å². The van der Waals surface area contributed by atoms with Gasteiger partial charge in [-0.25, -0.2) is 0 Å². The molecule has 1 amide bonds. The van der Waals surface area contributed by atoms with Gasteiger partial charge < -0.3 is 19.9 Å². The number of allylic oxidation sites excluding steroid dienone is 1. The van der Waals surface area contributed by atoms with Crippen molar-refractivity contribution < 1.29 is 19.4 Å². The van der Waals surface area contributed by atoms with Crippen molar-refractivity contribution in [2.45, 2.75) is 56.8 Å². The van der Waals surface area contributed by atoms with Crippen molar-refractivity contribution in [3.63, 3.8) is 0 Å². The fraction of sp³-hybridized carbons (Fsp3) is 0.550. The predicted molar refractivity (Wildman–Crippen MR) is 99.8 cm³/mol. The average molecular weight is 380 g/mol. The Morgan fingerprint density at radius 3 is 2.69 bits per heavy atom. The van der Waals surface area contributed by atoms with Crippen LogP contribution in [0.3, 0.4) is 0 Å². The Morgan fingerprint density at radius 1 is 1.27 bits per heavy atom. The lowest BCUT2D eigenvalue weighted by Crippen LogP contribution is -2.42. The van der Waals surface area contributed by atoms with E-state index in [-0.39, 0.29) is 24.5 Å². The molecular weight excluding hydrogens is 354 g/mol. The first-order valence-corrected chi connectivity index (χ1v) is 9.71. The van der Waals surface area contributed by atoms with Gasteiger partial charge in [-0.3, -0.25) is 4.79 Å². The number of amides is 1. The van der Waals surface area contributed by atoms with Crippen molar-refractivity contribution in [2.24, 2.45) is 0 Å². The van der Waals surface area contributed by atoms with E-state index >= 15 is 0 Å². The highest BCUT2D eigenvalue weighted by atomic mass is 35.5. The summed E-state index contributed by atoms with van der Waals surface area (Å²) in [6, 6.07) is 7.90. The first-order chi connectivity index (χ1) is 12.7. The molecule has 0 spiro atoms. The molecule has 6 heteroatoms. The summed E-state index contributed by atoms with van der Waals surface area (Å²) in [5.74, 6) is 0.193. The van der Waals surface area contributed by atoms with E-state index in [0.717, 1.165) is 31.2 Å². The summed E-state index contributed by atoms with van der Waals surface area (Å²) in [4.78, 5) is 12.5. The van der Waals surface area contributed by atoms with Crippen molar-refractivity contribution in [1.29, 1.82) is 0 Å². The van der Waals surface area contributed by atoms with Gasteiger partial charge in [-0.15, -0.1) is 0 Å². The molecule has 1 aliphatic carbocycles. The van der Waals surface area contributed by atoms with Crippen LogP contribution in [-0.4, -0.2) is 36.6 Å². The Labute approximate surface area is 159 Å². The van der Waals surface area contributed by atoms with Crippen molar-refractivity contribution in [1.82, 2.24) is 5.32 Å².